The van der Waals surface area contributed by atoms with E-state index in [9.17, 15) is 4.79 Å². The van der Waals surface area contributed by atoms with Crippen LogP contribution in [0.4, 0.5) is 10.5 Å². The van der Waals surface area contributed by atoms with Gasteiger partial charge < -0.3 is 14.8 Å². The van der Waals surface area contributed by atoms with Gasteiger partial charge in [0, 0.05) is 38.4 Å². The molecule has 0 aliphatic rings. The zero-order valence-electron chi connectivity index (χ0n) is 13.2. The first kappa shape index (κ1) is 16.0. The van der Waals surface area contributed by atoms with Crippen molar-refractivity contribution in [3.8, 4) is 5.95 Å². The van der Waals surface area contributed by atoms with Crippen molar-refractivity contribution in [1.29, 1.82) is 0 Å². The highest BCUT2D eigenvalue weighted by molar-refractivity contribution is 6.30. The summed E-state index contributed by atoms with van der Waals surface area (Å²) in [5, 5.41) is 7.57. The summed E-state index contributed by atoms with van der Waals surface area (Å²) in [5.41, 5.74) is 1.50. The Kier molecular flexibility index (Phi) is 4.48. The van der Waals surface area contributed by atoms with Gasteiger partial charge in [-0.15, -0.1) is 0 Å². The quantitative estimate of drug-likeness (QED) is 0.786. The monoisotopic (exact) mass is 345 g/mol. The van der Waals surface area contributed by atoms with Crippen molar-refractivity contribution in [2.24, 2.45) is 7.05 Å². The summed E-state index contributed by atoms with van der Waals surface area (Å²) in [7, 11) is 3.60. The Balaban J connectivity index is 1.64. The van der Waals surface area contributed by atoms with Crippen LogP contribution in [0.1, 0.15) is 5.69 Å². The fraction of sp³-hybridized carbons (Fsp3) is 0.200. The standard InChI is InChI=1S/C15H16ClN7O/c1-21-8-11(16)6-13(21)10-22(2)15(24)20-12-7-19-23(9-12)14-17-4-3-5-18-14/h3-9H,10H2,1-2H3,(H,20,24). The highest BCUT2D eigenvalue weighted by atomic mass is 35.5. The van der Waals surface area contributed by atoms with Gasteiger partial charge in [0.15, 0.2) is 0 Å². The molecule has 0 saturated carbocycles. The first-order chi connectivity index (χ1) is 11.5. The Morgan fingerprint density at radius 3 is 2.75 bits per heavy atom. The summed E-state index contributed by atoms with van der Waals surface area (Å²) in [4.78, 5) is 22.0. The van der Waals surface area contributed by atoms with Gasteiger partial charge in [-0.3, -0.25) is 0 Å². The van der Waals surface area contributed by atoms with E-state index >= 15 is 0 Å². The number of nitrogens with one attached hydrogen (secondary N) is 1. The number of nitrogens with zero attached hydrogens (tertiary/aromatic N) is 6. The molecule has 2 amide bonds. The predicted octanol–water partition coefficient (Wildman–Crippen LogP) is 2.32. The molecule has 0 bridgehead atoms. The lowest BCUT2D eigenvalue weighted by molar-refractivity contribution is 0.220. The van der Waals surface area contributed by atoms with E-state index in [0.717, 1.165) is 5.69 Å². The maximum atomic E-state index is 12.3. The van der Waals surface area contributed by atoms with E-state index < -0.39 is 0 Å². The normalized spacial score (nSPS) is 10.6. The molecule has 0 unspecified atom stereocenters. The molecule has 0 aliphatic heterocycles. The van der Waals surface area contributed by atoms with Crippen LogP contribution in [0.25, 0.3) is 5.95 Å². The van der Waals surface area contributed by atoms with Gasteiger partial charge in [0.05, 0.1) is 29.6 Å². The molecule has 0 fully saturated rings. The van der Waals surface area contributed by atoms with Crippen LogP contribution in [-0.2, 0) is 13.6 Å². The van der Waals surface area contributed by atoms with E-state index in [2.05, 4.69) is 20.4 Å². The molecular formula is C15H16ClN7O. The number of rotatable bonds is 4. The summed E-state index contributed by atoms with van der Waals surface area (Å²) in [6, 6.07) is 3.30. The number of amides is 2. The van der Waals surface area contributed by atoms with Crippen LogP contribution in [0.15, 0.2) is 43.1 Å². The van der Waals surface area contributed by atoms with Crippen molar-refractivity contribution >= 4 is 23.3 Å². The zero-order valence-corrected chi connectivity index (χ0v) is 14.0. The molecular weight excluding hydrogens is 330 g/mol. The van der Waals surface area contributed by atoms with Crippen molar-refractivity contribution in [1.82, 2.24) is 29.2 Å². The summed E-state index contributed by atoms with van der Waals surface area (Å²) >= 11 is 5.96. The summed E-state index contributed by atoms with van der Waals surface area (Å²) < 4.78 is 3.38. The van der Waals surface area contributed by atoms with Crippen LogP contribution in [0.2, 0.25) is 5.02 Å². The van der Waals surface area contributed by atoms with Gasteiger partial charge in [-0.25, -0.2) is 19.4 Å². The summed E-state index contributed by atoms with van der Waals surface area (Å²) in [6.07, 6.45) is 8.25. The van der Waals surface area contributed by atoms with Crippen LogP contribution >= 0.6 is 11.6 Å². The Morgan fingerprint density at radius 1 is 1.33 bits per heavy atom. The fourth-order valence-corrected chi connectivity index (χ4v) is 2.44. The number of halogens is 1. The maximum absolute atomic E-state index is 12.3. The molecule has 0 radical (unpaired) electrons. The van der Waals surface area contributed by atoms with Gasteiger partial charge >= 0.3 is 6.03 Å². The van der Waals surface area contributed by atoms with Gasteiger partial charge in [-0.1, -0.05) is 11.6 Å². The Bertz CT molecular complexity index is 843. The molecule has 124 valence electrons. The number of aryl methyl sites for hydroxylation is 1. The summed E-state index contributed by atoms with van der Waals surface area (Å²) in [5.74, 6) is 0.435. The average molecular weight is 346 g/mol. The number of hydrogen-bond donors (Lipinski definition) is 1. The third kappa shape index (κ3) is 3.54. The fourth-order valence-electron chi connectivity index (χ4n) is 2.16. The van der Waals surface area contributed by atoms with E-state index in [4.69, 9.17) is 11.6 Å². The Morgan fingerprint density at radius 2 is 2.08 bits per heavy atom. The molecule has 0 atom stereocenters. The highest BCUT2D eigenvalue weighted by Crippen LogP contribution is 2.15. The van der Waals surface area contributed by atoms with Crippen molar-refractivity contribution in [2.75, 3.05) is 12.4 Å². The van der Waals surface area contributed by atoms with Crippen LogP contribution < -0.4 is 5.32 Å². The molecule has 9 heteroatoms. The van der Waals surface area contributed by atoms with Gasteiger partial charge in [0.25, 0.3) is 0 Å². The van der Waals surface area contributed by atoms with E-state index in [1.807, 2.05) is 17.7 Å². The van der Waals surface area contributed by atoms with Crippen LogP contribution in [0, 0.1) is 0 Å². The number of carbonyl (C=O) groups is 1. The molecule has 3 aromatic heterocycles. The first-order valence-electron chi connectivity index (χ1n) is 7.18. The molecule has 8 nitrogen and oxygen atoms in total. The largest absolute Gasteiger partial charge is 0.351 e. The molecule has 24 heavy (non-hydrogen) atoms. The molecule has 0 aliphatic carbocycles. The number of hydrogen-bond acceptors (Lipinski definition) is 4. The predicted molar refractivity (Wildman–Crippen MR) is 90.1 cm³/mol. The topological polar surface area (TPSA) is 80.9 Å². The van der Waals surface area contributed by atoms with Gasteiger partial charge in [0.2, 0.25) is 5.95 Å². The lowest BCUT2D eigenvalue weighted by atomic mass is 10.4. The third-order valence-electron chi connectivity index (χ3n) is 3.41. The smallest absolute Gasteiger partial charge is 0.322 e. The lowest BCUT2D eigenvalue weighted by Crippen LogP contribution is -2.31. The minimum Gasteiger partial charge on any atom is -0.351 e. The second kappa shape index (κ2) is 6.71. The number of anilines is 1. The second-order valence-electron chi connectivity index (χ2n) is 5.27. The van der Waals surface area contributed by atoms with Crippen molar-refractivity contribution in [3.63, 3.8) is 0 Å². The van der Waals surface area contributed by atoms with E-state index in [-0.39, 0.29) is 6.03 Å². The number of carbonyl (C=O) groups excluding carboxylic acids is 1. The average Bonchev–Trinajstić information content (AvgIpc) is 3.15. The molecule has 3 aromatic rings. The molecule has 0 spiro atoms. The second-order valence-corrected chi connectivity index (χ2v) is 5.71. The first-order valence-corrected chi connectivity index (χ1v) is 7.55. The molecule has 0 aromatic carbocycles. The lowest BCUT2D eigenvalue weighted by Gasteiger charge is -2.17. The van der Waals surface area contributed by atoms with E-state index in [1.165, 1.54) is 4.68 Å². The Labute approximate surface area is 143 Å². The highest BCUT2D eigenvalue weighted by Gasteiger charge is 2.13. The van der Waals surface area contributed by atoms with Crippen molar-refractivity contribution < 1.29 is 4.79 Å². The zero-order chi connectivity index (χ0) is 17.1. The van der Waals surface area contributed by atoms with Crippen LogP contribution in [0.5, 0.6) is 0 Å². The van der Waals surface area contributed by atoms with Crippen molar-refractivity contribution in [2.45, 2.75) is 6.54 Å². The van der Waals surface area contributed by atoms with Gasteiger partial charge in [0.1, 0.15) is 0 Å². The van der Waals surface area contributed by atoms with Gasteiger partial charge in [-0.05, 0) is 12.1 Å². The maximum Gasteiger partial charge on any atom is 0.322 e. The molecule has 3 rings (SSSR count). The van der Waals surface area contributed by atoms with Crippen molar-refractivity contribution in [3.05, 3.63) is 53.8 Å². The SMILES string of the molecule is CN(Cc1cc(Cl)cn1C)C(=O)Nc1cnn(-c2ncccn2)c1. The minimum atomic E-state index is -0.249. The van der Waals surface area contributed by atoms with Crippen LogP contribution in [-0.4, -0.2) is 42.3 Å². The van der Waals surface area contributed by atoms with E-state index in [1.54, 1.807) is 49.0 Å². The Hall–Kier alpha value is -2.87. The number of aromatic nitrogens is 5. The van der Waals surface area contributed by atoms with Crippen LogP contribution in [0.3, 0.4) is 0 Å². The molecule has 1 N–H and O–H groups in total. The summed E-state index contributed by atoms with van der Waals surface area (Å²) in [6.45, 7) is 0.436. The molecule has 0 saturated heterocycles. The minimum absolute atomic E-state index is 0.249. The van der Waals surface area contributed by atoms with E-state index in [0.29, 0.717) is 23.2 Å². The molecule has 3 heterocycles. The van der Waals surface area contributed by atoms with Gasteiger partial charge in [-0.2, -0.15) is 5.10 Å². The third-order valence-corrected chi connectivity index (χ3v) is 3.62. The number of urea groups is 1.